The molecule has 0 spiro atoms. The van der Waals surface area contributed by atoms with E-state index in [-0.39, 0.29) is 0 Å². The summed E-state index contributed by atoms with van der Waals surface area (Å²) >= 11 is 1.18. The van der Waals surface area contributed by atoms with Crippen molar-refractivity contribution in [2.24, 2.45) is 0 Å². The van der Waals surface area contributed by atoms with Crippen LogP contribution in [-0.2, 0) is 0 Å². The minimum Gasteiger partial charge on any atom is -0.430 e. The topological polar surface area (TPSA) is 78.9 Å². The van der Waals surface area contributed by atoms with Crippen LogP contribution >= 0.6 is 11.5 Å². The summed E-state index contributed by atoms with van der Waals surface area (Å²) < 4.78 is 11.5. The smallest absolute Gasteiger partial charge is 0.300 e. The minimum atomic E-state index is 0.462. The summed E-state index contributed by atoms with van der Waals surface area (Å²) in [5.74, 6) is 1.18. The summed E-state index contributed by atoms with van der Waals surface area (Å²) in [6, 6.07) is 7.17. The van der Waals surface area contributed by atoms with E-state index in [0.29, 0.717) is 22.6 Å². The van der Waals surface area contributed by atoms with E-state index in [1.807, 2.05) is 12.1 Å². The Morgan fingerprint density at radius 3 is 3.06 bits per heavy atom. The third kappa shape index (κ3) is 2.16. The first-order valence-corrected chi connectivity index (χ1v) is 5.94. The van der Waals surface area contributed by atoms with E-state index >= 15 is 0 Å². The van der Waals surface area contributed by atoms with Gasteiger partial charge < -0.3 is 10.5 Å². The molecule has 0 amide bonds. The molecule has 0 aliphatic rings. The molecular weight excluding hydrogens is 250 g/mol. The summed E-state index contributed by atoms with van der Waals surface area (Å²) in [6.45, 7) is 0. The average molecular weight is 259 g/mol. The minimum absolute atomic E-state index is 0.462. The summed E-state index contributed by atoms with van der Waals surface area (Å²) in [5, 5.41) is 0.462. The Hall–Kier alpha value is -2.41. The number of imidazole rings is 1. The van der Waals surface area contributed by atoms with Gasteiger partial charge in [0.05, 0.1) is 0 Å². The molecule has 0 fully saturated rings. The maximum Gasteiger partial charge on any atom is 0.300 e. The summed E-state index contributed by atoms with van der Waals surface area (Å²) in [6.07, 6.45) is 5.07. The maximum absolute atomic E-state index is 5.67. The highest BCUT2D eigenvalue weighted by atomic mass is 32.1. The van der Waals surface area contributed by atoms with Crippen molar-refractivity contribution in [3.8, 4) is 16.9 Å². The van der Waals surface area contributed by atoms with Gasteiger partial charge in [-0.3, -0.25) is 4.57 Å². The van der Waals surface area contributed by atoms with E-state index in [4.69, 9.17) is 10.5 Å². The van der Waals surface area contributed by atoms with E-state index in [2.05, 4.69) is 14.3 Å². The second-order valence-corrected chi connectivity index (χ2v) is 4.22. The lowest BCUT2D eigenvalue weighted by atomic mass is 10.3. The van der Waals surface area contributed by atoms with Gasteiger partial charge in [0, 0.05) is 35.7 Å². The van der Waals surface area contributed by atoms with Gasteiger partial charge in [0.25, 0.3) is 5.19 Å². The van der Waals surface area contributed by atoms with Gasteiger partial charge >= 0.3 is 0 Å². The monoisotopic (exact) mass is 259 g/mol. The number of hydrogen-bond acceptors (Lipinski definition) is 6. The van der Waals surface area contributed by atoms with E-state index in [0.717, 1.165) is 0 Å². The molecule has 3 rings (SSSR count). The Bertz CT molecular complexity index is 649. The first-order valence-electron chi connectivity index (χ1n) is 5.17. The number of nitrogens with two attached hydrogens (primary N) is 1. The average Bonchev–Trinajstić information content (AvgIpc) is 2.98. The fourth-order valence-electron chi connectivity index (χ4n) is 1.40. The first-order chi connectivity index (χ1) is 8.81. The zero-order valence-corrected chi connectivity index (χ0v) is 10.0. The Kier molecular flexibility index (Phi) is 2.66. The molecule has 7 heteroatoms. The number of nitrogens with zero attached hydrogens (tertiary/aromatic N) is 4. The van der Waals surface area contributed by atoms with Crippen LogP contribution in [0.1, 0.15) is 0 Å². The number of rotatable bonds is 3. The molecule has 90 valence electrons. The van der Waals surface area contributed by atoms with Gasteiger partial charge in [-0.1, -0.05) is 6.07 Å². The Balaban J connectivity index is 1.82. The van der Waals surface area contributed by atoms with Crippen LogP contribution in [0.15, 0.2) is 43.0 Å². The lowest BCUT2D eigenvalue weighted by Gasteiger charge is -2.01. The van der Waals surface area contributed by atoms with E-state index in [9.17, 15) is 0 Å². The molecule has 0 bridgehead atoms. The Morgan fingerprint density at radius 1 is 1.33 bits per heavy atom. The van der Waals surface area contributed by atoms with Crippen molar-refractivity contribution in [3.05, 3.63) is 43.0 Å². The van der Waals surface area contributed by atoms with Gasteiger partial charge in [-0.25, -0.2) is 4.98 Å². The van der Waals surface area contributed by atoms with Gasteiger partial charge in [0.1, 0.15) is 12.1 Å². The first kappa shape index (κ1) is 10.7. The highest BCUT2D eigenvalue weighted by Crippen LogP contribution is 2.25. The van der Waals surface area contributed by atoms with Crippen molar-refractivity contribution in [1.29, 1.82) is 0 Å². The lowest BCUT2D eigenvalue weighted by Crippen LogP contribution is -1.92. The van der Waals surface area contributed by atoms with Crippen LogP contribution in [0.2, 0.25) is 0 Å². The number of nitrogen functional groups attached to an aromatic ring is 1. The molecule has 0 saturated heterocycles. The fraction of sp³-hybridized carbons (Fsp3) is 0. The number of benzene rings is 1. The highest BCUT2D eigenvalue weighted by Gasteiger charge is 2.07. The molecule has 0 aliphatic heterocycles. The summed E-state index contributed by atoms with van der Waals surface area (Å²) in [7, 11) is 0. The molecule has 0 aliphatic carbocycles. The van der Waals surface area contributed by atoms with E-state index in [1.54, 1.807) is 35.4 Å². The van der Waals surface area contributed by atoms with Gasteiger partial charge in [-0.05, 0) is 12.1 Å². The SMILES string of the molecule is Nc1cccc(Oc2nc(-n3ccnc3)ns2)c1. The summed E-state index contributed by atoms with van der Waals surface area (Å²) in [5.41, 5.74) is 6.31. The number of aromatic nitrogens is 4. The quantitative estimate of drug-likeness (QED) is 0.729. The fourth-order valence-corrected chi connectivity index (χ4v) is 1.96. The van der Waals surface area contributed by atoms with Gasteiger partial charge in [0.2, 0.25) is 5.95 Å². The molecule has 3 aromatic rings. The number of ether oxygens (including phenoxy) is 1. The van der Waals surface area contributed by atoms with Crippen molar-refractivity contribution in [1.82, 2.24) is 18.9 Å². The van der Waals surface area contributed by atoms with Crippen molar-refractivity contribution < 1.29 is 4.74 Å². The molecule has 18 heavy (non-hydrogen) atoms. The molecule has 2 N–H and O–H groups in total. The van der Waals surface area contributed by atoms with E-state index < -0.39 is 0 Å². The van der Waals surface area contributed by atoms with Crippen LogP contribution in [0.4, 0.5) is 5.69 Å². The molecule has 2 heterocycles. The summed E-state index contributed by atoms with van der Waals surface area (Å²) in [4.78, 5) is 8.18. The van der Waals surface area contributed by atoms with Crippen LogP contribution in [0.25, 0.3) is 5.95 Å². The normalized spacial score (nSPS) is 10.4. The van der Waals surface area contributed by atoms with Crippen LogP contribution < -0.4 is 10.5 Å². The molecule has 1 aromatic carbocycles. The Labute approximate surface area is 107 Å². The Morgan fingerprint density at radius 2 is 2.28 bits per heavy atom. The molecule has 0 saturated carbocycles. The molecule has 0 radical (unpaired) electrons. The molecular formula is C11H9N5OS. The number of anilines is 1. The third-order valence-corrected chi connectivity index (χ3v) is 2.78. The van der Waals surface area contributed by atoms with Gasteiger partial charge in [0.15, 0.2) is 0 Å². The zero-order chi connectivity index (χ0) is 12.4. The maximum atomic E-state index is 5.67. The van der Waals surface area contributed by atoms with Gasteiger partial charge in [-0.2, -0.15) is 4.98 Å². The van der Waals surface area contributed by atoms with E-state index in [1.165, 1.54) is 11.5 Å². The van der Waals surface area contributed by atoms with Crippen LogP contribution in [0, 0.1) is 0 Å². The predicted molar refractivity (Wildman–Crippen MR) is 68.0 cm³/mol. The van der Waals surface area contributed by atoms with Crippen LogP contribution in [0.5, 0.6) is 10.9 Å². The molecule has 0 atom stereocenters. The zero-order valence-electron chi connectivity index (χ0n) is 9.22. The lowest BCUT2D eigenvalue weighted by molar-refractivity contribution is 0.478. The van der Waals surface area contributed by atoms with Gasteiger partial charge in [-0.15, -0.1) is 4.37 Å². The molecule has 0 unspecified atom stereocenters. The van der Waals surface area contributed by atoms with Crippen molar-refractivity contribution >= 4 is 17.2 Å². The standard InChI is InChI=1S/C11H9N5OS/c12-8-2-1-3-9(6-8)17-11-14-10(15-18-11)16-5-4-13-7-16/h1-7H,12H2. The molecule has 6 nitrogen and oxygen atoms in total. The van der Waals surface area contributed by atoms with Crippen LogP contribution in [-0.4, -0.2) is 18.9 Å². The molecule has 2 aromatic heterocycles. The number of hydrogen-bond donors (Lipinski definition) is 1. The largest absolute Gasteiger partial charge is 0.430 e. The third-order valence-electron chi connectivity index (χ3n) is 2.20. The van der Waals surface area contributed by atoms with Crippen LogP contribution in [0.3, 0.4) is 0 Å². The highest BCUT2D eigenvalue weighted by molar-refractivity contribution is 7.07. The van der Waals surface area contributed by atoms with Crippen molar-refractivity contribution in [3.63, 3.8) is 0 Å². The second-order valence-electron chi connectivity index (χ2n) is 3.50. The van der Waals surface area contributed by atoms with Crippen molar-refractivity contribution in [2.45, 2.75) is 0 Å². The predicted octanol–water partition coefficient (Wildman–Crippen LogP) is 2.10. The second kappa shape index (κ2) is 4.46. The van der Waals surface area contributed by atoms with Crippen molar-refractivity contribution in [2.75, 3.05) is 5.73 Å².